The fourth-order valence-electron chi connectivity index (χ4n) is 1.51. The Labute approximate surface area is 107 Å². The normalized spacial score (nSPS) is 11.6. The molecule has 5 heteroatoms. The minimum Gasteiger partial charge on any atom is -0.357 e. The van der Waals surface area contributed by atoms with Gasteiger partial charge in [-0.2, -0.15) is 0 Å². The summed E-state index contributed by atoms with van der Waals surface area (Å²) in [6.45, 7) is 5.49. The number of carbonyl (C=O) groups excluding carboxylic acids is 2. The molecule has 0 saturated heterocycles. The largest absolute Gasteiger partial charge is 0.357 e. The summed E-state index contributed by atoms with van der Waals surface area (Å²) in [5, 5.41) is 7.77. The van der Waals surface area contributed by atoms with E-state index in [1.165, 1.54) is 7.05 Å². The molecule has 0 radical (unpaired) electrons. The van der Waals surface area contributed by atoms with E-state index in [4.69, 9.17) is 0 Å². The minimum absolute atomic E-state index is 0.230. The topological polar surface area (TPSA) is 70.2 Å². The van der Waals surface area contributed by atoms with E-state index in [0.29, 0.717) is 0 Å². The molecule has 0 bridgehead atoms. The lowest BCUT2D eigenvalue weighted by atomic mass is 10.1. The lowest BCUT2D eigenvalue weighted by Gasteiger charge is -2.14. The van der Waals surface area contributed by atoms with Gasteiger partial charge in [0.05, 0.1) is 0 Å². The summed E-state index contributed by atoms with van der Waals surface area (Å²) in [7, 11) is 1.53. The molecule has 1 atom stereocenters. The van der Waals surface area contributed by atoms with Gasteiger partial charge in [-0.1, -0.05) is 12.1 Å². The smallest absolute Gasteiger partial charge is 0.319 e. The Morgan fingerprint density at radius 1 is 1.22 bits per heavy atom. The average Bonchev–Trinajstić information content (AvgIpc) is 2.32. The van der Waals surface area contributed by atoms with Gasteiger partial charge >= 0.3 is 6.03 Å². The van der Waals surface area contributed by atoms with Crippen LogP contribution in [-0.2, 0) is 4.79 Å². The van der Waals surface area contributed by atoms with Crippen LogP contribution in [0.2, 0.25) is 0 Å². The van der Waals surface area contributed by atoms with Crippen molar-refractivity contribution in [2.45, 2.75) is 26.8 Å². The van der Waals surface area contributed by atoms with Crippen molar-refractivity contribution >= 4 is 17.6 Å². The zero-order valence-corrected chi connectivity index (χ0v) is 11.1. The van der Waals surface area contributed by atoms with Crippen molar-refractivity contribution in [2.24, 2.45) is 0 Å². The van der Waals surface area contributed by atoms with Gasteiger partial charge in [-0.05, 0) is 38.0 Å². The quantitative estimate of drug-likeness (QED) is 0.760. The zero-order valence-electron chi connectivity index (χ0n) is 11.1. The Hall–Kier alpha value is -2.04. The van der Waals surface area contributed by atoms with Crippen LogP contribution < -0.4 is 16.0 Å². The van der Waals surface area contributed by atoms with E-state index in [0.717, 1.165) is 16.8 Å². The predicted octanol–water partition coefficient (Wildman–Crippen LogP) is 1.56. The first-order valence-electron chi connectivity index (χ1n) is 5.80. The van der Waals surface area contributed by atoms with Crippen molar-refractivity contribution in [1.82, 2.24) is 10.6 Å². The first kappa shape index (κ1) is 14.0. The minimum atomic E-state index is -0.569. The van der Waals surface area contributed by atoms with E-state index >= 15 is 0 Å². The van der Waals surface area contributed by atoms with Gasteiger partial charge in [-0.25, -0.2) is 4.79 Å². The lowest BCUT2D eigenvalue weighted by molar-refractivity contribution is -0.122. The molecule has 1 aromatic carbocycles. The van der Waals surface area contributed by atoms with Crippen LogP contribution in [0.25, 0.3) is 0 Å². The second-order valence-electron chi connectivity index (χ2n) is 4.25. The molecule has 0 fully saturated rings. The maximum atomic E-state index is 11.7. The summed E-state index contributed by atoms with van der Waals surface area (Å²) in [4.78, 5) is 23.0. The van der Waals surface area contributed by atoms with Crippen molar-refractivity contribution in [1.29, 1.82) is 0 Å². The highest BCUT2D eigenvalue weighted by Gasteiger charge is 2.14. The number of rotatable bonds is 3. The van der Waals surface area contributed by atoms with E-state index < -0.39 is 6.04 Å². The Morgan fingerprint density at radius 3 is 2.50 bits per heavy atom. The number of aryl methyl sites for hydroxylation is 2. The molecule has 0 spiro atoms. The van der Waals surface area contributed by atoms with Crippen LogP contribution in [0, 0.1) is 13.8 Å². The molecule has 0 aliphatic heterocycles. The molecule has 18 heavy (non-hydrogen) atoms. The molecule has 0 saturated carbocycles. The SMILES string of the molecule is CNC(=O)[C@@H](C)NC(=O)Nc1cc(C)ccc1C. The van der Waals surface area contributed by atoms with E-state index in [2.05, 4.69) is 16.0 Å². The fraction of sp³-hybridized carbons (Fsp3) is 0.385. The summed E-state index contributed by atoms with van der Waals surface area (Å²) in [6, 6.07) is 4.85. The summed E-state index contributed by atoms with van der Waals surface area (Å²) in [5.41, 5.74) is 2.79. The van der Waals surface area contributed by atoms with Crippen LogP contribution in [0.3, 0.4) is 0 Å². The first-order valence-corrected chi connectivity index (χ1v) is 5.80. The van der Waals surface area contributed by atoms with Crippen molar-refractivity contribution in [3.8, 4) is 0 Å². The van der Waals surface area contributed by atoms with E-state index in [-0.39, 0.29) is 11.9 Å². The molecule has 3 N–H and O–H groups in total. The standard InChI is InChI=1S/C13H19N3O2/c1-8-5-6-9(2)11(7-8)16-13(18)15-10(3)12(17)14-4/h5-7,10H,1-4H3,(H,14,17)(H2,15,16,18)/t10-/m1/s1. The third kappa shape index (κ3) is 3.76. The third-order valence-electron chi connectivity index (χ3n) is 2.63. The Morgan fingerprint density at radius 2 is 1.89 bits per heavy atom. The summed E-state index contributed by atoms with van der Waals surface area (Å²) < 4.78 is 0. The molecule has 1 rings (SSSR count). The number of hydrogen-bond acceptors (Lipinski definition) is 2. The zero-order chi connectivity index (χ0) is 13.7. The fourth-order valence-corrected chi connectivity index (χ4v) is 1.51. The third-order valence-corrected chi connectivity index (χ3v) is 2.63. The summed E-state index contributed by atoms with van der Waals surface area (Å²) in [5.74, 6) is -0.230. The van der Waals surface area contributed by atoms with Crippen LogP contribution in [0.15, 0.2) is 18.2 Å². The molecule has 0 aromatic heterocycles. The molecule has 0 unspecified atom stereocenters. The number of anilines is 1. The number of likely N-dealkylation sites (N-methyl/N-ethyl adjacent to an activating group) is 1. The predicted molar refractivity (Wildman–Crippen MR) is 71.6 cm³/mol. The van der Waals surface area contributed by atoms with E-state index in [9.17, 15) is 9.59 Å². The number of benzene rings is 1. The van der Waals surface area contributed by atoms with Crippen molar-refractivity contribution in [3.63, 3.8) is 0 Å². The molecule has 0 aliphatic carbocycles. The van der Waals surface area contributed by atoms with Crippen molar-refractivity contribution in [3.05, 3.63) is 29.3 Å². The van der Waals surface area contributed by atoms with Gasteiger partial charge in [-0.3, -0.25) is 4.79 Å². The molecule has 98 valence electrons. The average molecular weight is 249 g/mol. The Balaban J connectivity index is 2.65. The highest BCUT2D eigenvalue weighted by Crippen LogP contribution is 2.15. The Bertz CT molecular complexity index is 458. The highest BCUT2D eigenvalue weighted by atomic mass is 16.2. The number of nitrogens with one attached hydrogen (secondary N) is 3. The molecule has 5 nitrogen and oxygen atoms in total. The molecular formula is C13H19N3O2. The van der Waals surface area contributed by atoms with Crippen LogP contribution in [-0.4, -0.2) is 25.0 Å². The van der Waals surface area contributed by atoms with Crippen LogP contribution >= 0.6 is 0 Å². The summed E-state index contributed by atoms with van der Waals surface area (Å²) >= 11 is 0. The maximum absolute atomic E-state index is 11.7. The molecule has 1 aromatic rings. The molecule has 0 aliphatic rings. The van der Waals surface area contributed by atoms with Gasteiger partial charge < -0.3 is 16.0 Å². The van der Waals surface area contributed by atoms with E-state index in [1.807, 2.05) is 32.0 Å². The molecule has 3 amide bonds. The second-order valence-corrected chi connectivity index (χ2v) is 4.25. The van der Waals surface area contributed by atoms with Gasteiger partial charge in [-0.15, -0.1) is 0 Å². The van der Waals surface area contributed by atoms with Crippen LogP contribution in [0.1, 0.15) is 18.1 Å². The molecule has 0 heterocycles. The van der Waals surface area contributed by atoms with Gasteiger partial charge in [0, 0.05) is 12.7 Å². The van der Waals surface area contributed by atoms with Crippen LogP contribution in [0.5, 0.6) is 0 Å². The number of hydrogen-bond donors (Lipinski definition) is 3. The first-order chi connectivity index (χ1) is 8.43. The molecular weight excluding hydrogens is 230 g/mol. The van der Waals surface area contributed by atoms with Gasteiger partial charge in [0.2, 0.25) is 5.91 Å². The van der Waals surface area contributed by atoms with Gasteiger partial charge in [0.25, 0.3) is 0 Å². The van der Waals surface area contributed by atoms with Gasteiger partial charge in [0.15, 0.2) is 0 Å². The number of amides is 3. The monoisotopic (exact) mass is 249 g/mol. The summed E-state index contributed by atoms with van der Waals surface area (Å²) in [6.07, 6.45) is 0. The second kappa shape index (κ2) is 6.05. The van der Waals surface area contributed by atoms with Crippen LogP contribution in [0.4, 0.5) is 10.5 Å². The van der Waals surface area contributed by atoms with Crippen molar-refractivity contribution in [2.75, 3.05) is 12.4 Å². The van der Waals surface area contributed by atoms with Crippen molar-refractivity contribution < 1.29 is 9.59 Å². The lowest BCUT2D eigenvalue weighted by Crippen LogP contribution is -2.45. The number of carbonyl (C=O) groups is 2. The van der Waals surface area contributed by atoms with Gasteiger partial charge in [0.1, 0.15) is 6.04 Å². The Kier molecular flexibility index (Phi) is 4.71. The van der Waals surface area contributed by atoms with E-state index in [1.54, 1.807) is 6.92 Å². The number of urea groups is 1. The maximum Gasteiger partial charge on any atom is 0.319 e. The highest BCUT2D eigenvalue weighted by molar-refractivity contribution is 5.94.